The van der Waals surface area contributed by atoms with Crippen molar-refractivity contribution in [1.29, 1.82) is 0 Å². The maximum atomic E-state index is 3.52. The first kappa shape index (κ1) is 10.6. The van der Waals surface area contributed by atoms with E-state index in [2.05, 4.69) is 52.9 Å². The molecule has 1 heterocycles. The second-order valence-electron chi connectivity index (χ2n) is 4.62. The van der Waals surface area contributed by atoms with Crippen LogP contribution in [0, 0.1) is 0 Å². The average Bonchev–Trinajstić information content (AvgIpc) is 2.67. The smallest absolute Gasteiger partial charge is 0.0598 e. The summed E-state index contributed by atoms with van der Waals surface area (Å²) in [6.07, 6.45) is 3.88. The van der Waals surface area contributed by atoms with Gasteiger partial charge < -0.3 is 5.01 Å². The van der Waals surface area contributed by atoms with Crippen molar-refractivity contribution in [3.8, 4) is 0 Å². The van der Waals surface area contributed by atoms with Gasteiger partial charge >= 0.3 is 0 Å². The van der Waals surface area contributed by atoms with Crippen molar-refractivity contribution in [3.63, 3.8) is 0 Å². The monoisotopic (exact) mass is 226 g/mol. The van der Waals surface area contributed by atoms with Crippen LogP contribution in [0.15, 0.2) is 42.5 Å². The number of nitrogens with one attached hydrogen (secondary N) is 1. The van der Waals surface area contributed by atoms with E-state index in [1.54, 1.807) is 0 Å². The minimum atomic E-state index is 1.09. The maximum Gasteiger partial charge on any atom is 0.0598 e. The van der Waals surface area contributed by atoms with Crippen molar-refractivity contribution in [1.82, 2.24) is 5.43 Å². The van der Waals surface area contributed by atoms with Gasteiger partial charge in [0.25, 0.3) is 0 Å². The summed E-state index contributed by atoms with van der Waals surface area (Å²) in [7, 11) is 0. The van der Waals surface area contributed by atoms with E-state index < -0.39 is 0 Å². The highest BCUT2D eigenvalue weighted by Gasteiger charge is 2.11. The van der Waals surface area contributed by atoms with Gasteiger partial charge in [0.05, 0.1) is 5.69 Å². The molecule has 1 aliphatic heterocycles. The Morgan fingerprint density at radius 2 is 1.76 bits per heavy atom. The number of rotatable bonds is 1. The standard InChI is InChI=1S/C15H18N2/c1-4-11-16-17(12-5-1)15-10-6-8-13-7-2-3-9-14(13)15/h2-3,6-10,16H,1,4-5,11-12H2. The molecule has 88 valence electrons. The zero-order chi connectivity index (χ0) is 11.5. The molecular weight excluding hydrogens is 208 g/mol. The quantitative estimate of drug-likeness (QED) is 0.802. The number of hydrogen-bond acceptors (Lipinski definition) is 2. The van der Waals surface area contributed by atoms with E-state index in [9.17, 15) is 0 Å². The fourth-order valence-corrected chi connectivity index (χ4v) is 2.51. The summed E-state index contributed by atoms with van der Waals surface area (Å²) in [5.41, 5.74) is 4.83. The minimum absolute atomic E-state index is 1.09. The molecule has 1 N–H and O–H groups in total. The molecule has 0 atom stereocenters. The zero-order valence-corrected chi connectivity index (χ0v) is 10.0. The second kappa shape index (κ2) is 4.76. The summed E-state index contributed by atoms with van der Waals surface area (Å²) in [5.74, 6) is 0. The van der Waals surface area contributed by atoms with Gasteiger partial charge in [-0.3, -0.25) is 0 Å². The predicted octanol–water partition coefficient (Wildman–Crippen LogP) is 3.33. The molecule has 1 saturated heterocycles. The molecule has 0 radical (unpaired) electrons. The van der Waals surface area contributed by atoms with E-state index in [1.165, 1.54) is 35.7 Å². The van der Waals surface area contributed by atoms with Crippen LogP contribution in [0.3, 0.4) is 0 Å². The van der Waals surface area contributed by atoms with Crippen LogP contribution < -0.4 is 10.4 Å². The number of benzene rings is 2. The Morgan fingerprint density at radius 1 is 0.882 bits per heavy atom. The molecule has 2 heteroatoms. The Balaban J connectivity index is 2.03. The third-order valence-electron chi connectivity index (χ3n) is 3.42. The van der Waals surface area contributed by atoms with Gasteiger partial charge in [0.15, 0.2) is 0 Å². The van der Waals surface area contributed by atoms with Crippen LogP contribution in [0.25, 0.3) is 10.8 Å². The van der Waals surface area contributed by atoms with Gasteiger partial charge in [-0.1, -0.05) is 42.8 Å². The van der Waals surface area contributed by atoms with Gasteiger partial charge in [0.1, 0.15) is 0 Å². The third-order valence-corrected chi connectivity index (χ3v) is 3.42. The fraction of sp³-hybridized carbons (Fsp3) is 0.333. The highest BCUT2D eigenvalue weighted by Crippen LogP contribution is 2.26. The van der Waals surface area contributed by atoms with E-state index in [1.807, 2.05) is 0 Å². The van der Waals surface area contributed by atoms with E-state index in [-0.39, 0.29) is 0 Å². The molecule has 17 heavy (non-hydrogen) atoms. The Morgan fingerprint density at radius 3 is 2.76 bits per heavy atom. The van der Waals surface area contributed by atoms with E-state index in [0.717, 1.165) is 13.1 Å². The van der Waals surface area contributed by atoms with Crippen molar-refractivity contribution in [2.45, 2.75) is 19.3 Å². The van der Waals surface area contributed by atoms with Crippen molar-refractivity contribution in [2.24, 2.45) is 0 Å². The SMILES string of the molecule is c1ccc2c(N3CCCCCN3)cccc2c1. The van der Waals surface area contributed by atoms with Crippen molar-refractivity contribution < 1.29 is 0 Å². The number of nitrogens with zero attached hydrogens (tertiary/aromatic N) is 1. The Bertz CT molecular complexity index is 494. The maximum absolute atomic E-state index is 3.52. The number of hydrogen-bond donors (Lipinski definition) is 1. The zero-order valence-electron chi connectivity index (χ0n) is 10.0. The Hall–Kier alpha value is -1.54. The predicted molar refractivity (Wildman–Crippen MR) is 73.1 cm³/mol. The molecule has 0 spiro atoms. The summed E-state index contributed by atoms with van der Waals surface area (Å²) >= 11 is 0. The third kappa shape index (κ3) is 2.13. The first-order valence-electron chi connectivity index (χ1n) is 6.44. The number of hydrazine groups is 1. The van der Waals surface area contributed by atoms with Gasteiger partial charge in [0, 0.05) is 18.5 Å². The molecular formula is C15H18N2. The van der Waals surface area contributed by atoms with Crippen LogP contribution in [-0.2, 0) is 0 Å². The van der Waals surface area contributed by atoms with Crippen LogP contribution in [0.5, 0.6) is 0 Å². The van der Waals surface area contributed by atoms with Gasteiger partial charge in [-0.05, 0) is 24.3 Å². The molecule has 2 nitrogen and oxygen atoms in total. The van der Waals surface area contributed by atoms with Crippen molar-refractivity contribution >= 4 is 16.5 Å². The molecule has 0 amide bonds. The Labute approximate surface area is 102 Å². The van der Waals surface area contributed by atoms with Crippen LogP contribution in [0.4, 0.5) is 5.69 Å². The lowest BCUT2D eigenvalue weighted by atomic mass is 10.1. The molecule has 1 aliphatic rings. The lowest BCUT2D eigenvalue weighted by Crippen LogP contribution is -2.37. The number of fused-ring (bicyclic) bond motifs is 1. The van der Waals surface area contributed by atoms with Crippen LogP contribution in [-0.4, -0.2) is 13.1 Å². The largest absolute Gasteiger partial charge is 0.308 e. The first-order chi connectivity index (χ1) is 8.45. The van der Waals surface area contributed by atoms with E-state index in [4.69, 9.17) is 0 Å². The highest BCUT2D eigenvalue weighted by atomic mass is 15.5. The van der Waals surface area contributed by atoms with Crippen molar-refractivity contribution in [2.75, 3.05) is 18.1 Å². The summed E-state index contributed by atoms with van der Waals surface area (Å²) < 4.78 is 0. The van der Waals surface area contributed by atoms with Crippen molar-refractivity contribution in [3.05, 3.63) is 42.5 Å². The number of anilines is 1. The topological polar surface area (TPSA) is 15.3 Å². The van der Waals surface area contributed by atoms with Crippen LogP contribution in [0.1, 0.15) is 19.3 Å². The molecule has 0 saturated carbocycles. The Kier molecular flexibility index (Phi) is 2.97. The molecule has 2 aromatic rings. The summed E-state index contributed by atoms with van der Waals surface area (Å²) in [6, 6.07) is 15.1. The molecule has 0 aromatic heterocycles. The molecule has 3 rings (SSSR count). The lowest BCUT2D eigenvalue weighted by molar-refractivity contribution is 0.663. The molecule has 2 aromatic carbocycles. The summed E-state index contributed by atoms with van der Waals surface area (Å²) in [4.78, 5) is 0. The first-order valence-corrected chi connectivity index (χ1v) is 6.44. The molecule has 0 aliphatic carbocycles. The van der Waals surface area contributed by atoms with E-state index in [0.29, 0.717) is 0 Å². The van der Waals surface area contributed by atoms with Crippen LogP contribution in [0.2, 0.25) is 0 Å². The molecule has 0 unspecified atom stereocenters. The van der Waals surface area contributed by atoms with E-state index >= 15 is 0 Å². The van der Waals surface area contributed by atoms with Crippen LogP contribution >= 0.6 is 0 Å². The fourth-order valence-electron chi connectivity index (χ4n) is 2.51. The average molecular weight is 226 g/mol. The van der Waals surface area contributed by atoms with Gasteiger partial charge in [0.2, 0.25) is 0 Å². The molecule has 1 fully saturated rings. The minimum Gasteiger partial charge on any atom is -0.308 e. The summed E-state index contributed by atoms with van der Waals surface area (Å²) in [5, 5.41) is 4.97. The normalized spacial score (nSPS) is 17.1. The summed E-state index contributed by atoms with van der Waals surface area (Å²) in [6.45, 7) is 2.19. The second-order valence-corrected chi connectivity index (χ2v) is 4.62. The van der Waals surface area contributed by atoms with Gasteiger partial charge in [-0.2, -0.15) is 0 Å². The molecule has 0 bridgehead atoms. The highest BCUT2D eigenvalue weighted by molar-refractivity contribution is 5.94. The van der Waals surface area contributed by atoms with Gasteiger partial charge in [-0.15, -0.1) is 0 Å². The lowest BCUT2D eigenvalue weighted by Gasteiger charge is -2.24. The van der Waals surface area contributed by atoms with Gasteiger partial charge in [-0.25, -0.2) is 5.43 Å².